The van der Waals surface area contributed by atoms with Crippen molar-refractivity contribution in [3.05, 3.63) is 62.9 Å². The molecule has 156 valence electrons. The molecule has 0 radical (unpaired) electrons. The average Bonchev–Trinajstić information content (AvgIpc) is 2.72. The van der Waals surface area contributed by atoms with Crippen LogP contribution in [0, 0.1) is 0 Å². The van der Waals surface area contributed by atoms with Crippen molar-refractivity contribution in [2.45, 2.75) is 13.8 Å². The first-order valence-corrected chi connectivity index (χ1v) is 9.57. The van der Waals surface area contributed by atoms with Gasteiger partial charge in [-0.1, -0.05) is 26.0 Å². The molecule has 1 aromatic carbocycles. The molecule has 1 aromatic heterocycles. The molecule has 8 heteroatoms. The molecular weight excluding hydrogens is 372 g/mol. The highest BCUT2D eigenvalue weighted by Crippen LogP contribution is 2.23. The molecule has 0 fully saturated rings. The fourth-order valence-electron chi connectivity index (χ4n) is 2.81. The number of benzene rings is 1. The van der Waals surface area contributed by atoms with Crippen molar-refractivity contribution in [3.63, 3.8) is 0 Å². The number of aryl methyl sites for hydroxylation is 1. The van der Waals surface area contributed by atoms with Crippen molar-refractivity contribution in [1.29, 1.82) is 0 Å². The second kappa shape index (κ2) is 10.4. The first-order chi connectivity index (χ1) is 13.9. The van der Waals surface area contributed by atoms with E-state index in [2.05, 4.69) is 24.1 Å². The lowest BCUT2D eigenvalue weighted by molar-refractivity contribution is -0.111. The molecular formula is C21H28N4O4. The van der Waals surface area contributed by atoms with Crippen LogP contribution in [0.5, 0.6) is 5.75 Å². The van der Waals surface area contributed by atoms with Crippen LogP contribution in [0.2, 0.25) is 0 Å². The summed E-state index contributed by atoms with van der Waals surface area (Å²) >= 11 is 0. The average molecular weight is 400 g/mol. The summed E-state index contributed by atoms with van der Waals surface area (Å²) in [4.78, 5) is 38.4. The quantitative estimate of drug-likeness (QED) is 0.644. The third kappa shape index (κ3) is 5.92. The number of rotatable bonds is 9. The number of para-hydroxylation sites is 2. The molecule has 0 saturated heterocycles. The zero-order valence-electron chi connectivity index (χ0n) is 17.3. The lowest BCUT2D eigenvalue weighted by Gasteiger charge is -2.19. The number of hydrogen-bond acceptors (Lipinski definition) is 5. The maximum atomic E-state index is 12.3. The summed E-state index contributed by atoms with van der Waals surface area (Å²) < 4.78 is 8.11. The summed E-state index contributed by atoms with van der Waals surface area (Å²) in [6, 6.07) is 7.19. The van der Waals surface area contributed by atoms with E-state index in [-0.39, 0.29) is 5.56 Å². The van der Waals surface area contributed by atoms with Crippen LogP contribution in [0.15, 0.2) is 46.1 Å². The third-order valence-corrected chi connectivity index (χ3v) is 4.59. The second-order valence-corrected chi connectivity index (χ2v) is 6.54. The Morgan fingerprint density at radius 1 is 1.17 bits per heavy atom. The van der Waals surface area contributed by atoms with Gasteiger partial charge in [0.1, 0.15) is 12.4 Å². The molecule has 8 nitrogen and oxygen atoms in total. The number of nitrogens with zero attached hydrogens (tertiary/aromatic N) is 3. The van der Waals surface area contributed by atoms with E-state index in [0.29, 0.717) is 18.0 Å². The highest BCUT2D eigenvalue weighted by Gasteiger charge is 2.08. The highest BCUT2D eigenvalue weighted by atomic mass is 16.5. The molecule has 2 rings (SSSR count). The topological polar surface area (TPSA) is 85.6 Å². The van der Waals surface area contributed by atoms with Crippen LogP contribution in [-0.4, -0.2) is 46.2 Å². The highest BCUT2D eigenvalue weighted by molar-refractivity contribution is 6.02. The number of carbonyl (C=O) groups is 1. The Hall–Kier alpha value is -3.13. The van der Waals surface area contributed by atoms with E-state index in [1.165, 1.54) is 30.0 Å². The smallest absolute Gasteiger partial charge is 0.330 e. The molecule has 29 heavy (non-hydrogen) atoms. The van der Waals surface area contributed by atoms with Gasteiger partial charge in [-0.25, -0.2) is 4.79 Å². The number of nitrogens with one attached hydrogen (secondary N) is 1. The van der Waals surface area contributed by atoms with E-state index in [1.807, 2.05) is 6.07 Å². The van der Waals surface area contributed by atoms with Crippen molar-refractivity contribution in [1.82, 2.24) is 14.0 Å². The molecule has 2 aromatic rings. The largest absolute Gasteiger partial charge is 0.490 e. The first-order valence-electron chi connectivity index (χ1n) is 9.57. The Labute approximate surface area is 170 Å². The van der Waals surface area contributed by atoms with Gasteiger partial charge in [0, 0.05) is 32.9 Å². The Balaban J connectivity index is 2.07. The number of carbonyl (C=O) groups excluding carboxylic acids is 1. The van der Waals surface area contributed by atoms with Gasteiger partial charge in [0.25, 0.3) is 5.56 Å². The van der Waals surface area contributed by atoms with Gasteiger partial charge in [0.05, 0.1) is 11.3 Å². The molecule has 1 N–H and O–H groups in total. The Bertz CT molecular complexity index is 987. The van der Waals surface area contributed by atoms with Crippen LogP contribution in [0.1, 0.15) is 19.4 Å². The number of aromatic nitrogens is 2. The van der Waals surface area contributed by atoms with Crippen LogP contribution in [0.4, 0.5) is 5.69 Å². The number of likely N-dealkylation sites (N-methyl/N-ethyl adjacent to an activating group) is 1. The zero-order chi connectivity index (χ0) is 21.4. The summed E-state index contributed by atoms with van der Waals surface area (Å²) in [5.41, 5.74) is -0.0896. The minimum Gasteiger partial charge on any atom is -0.490 e. The predicted molar refractivity (Wildman–Crippen MR) is 114 cm³/mol. The number of hydrogen-bond donors (Lipinski definition) is 1. The lowest BCUT2D eigenvalue weighted by atomic mass is 10.2. The fraction of sp³-hybridized carbons (Fsp3) is 0.381. The van der Waals surface area contributed by atoms with E-state index < -0.39 is 17.2 Å². The normalized spacial score (nSPS) is 11.2. The van der Waals surface area contributed by atoms with Gasteiger partial charge in [-0.15, -0.1) is 0 Å². The molecule has 0 unspecified atom stereocenters. The van der Waals surface area contributed by atoms with Crippen molar-refractivity contribution in [2.24, 2.45) is 14.1 Å². The van der Waals surface area contributed by atoms with Crippen LogP contribution < -0.4 is 21.3 Å². The monoisotopic (exact) mass is 400 g/mol. The van der Waals surface area contributed by atoms with Crippen molar-refractivity contribution < 1.29 is 9.53 Å². The summed E-state index contributed by atoms with van der Waals surface area (Å²) in [6.45, 7) is 7.41. The molecule has 0 saturated carbocycles. The van der Waals surface area contributed by atoms with Crippen molar-refractivity contribution in [2.75, 3.05) is 31.6 Å². The maximum absolute atomic E-state index is 12.3. The Kier molecular flexibility index (Phi) is 7.97. The lowest BCUT2D eigenvalue weighted by Crippen LogP contribution is -2.37. The van der Waals surface area contributed by atoms with Crippen molar-refractivity contribution >= 4 is 17.7 Å². The van der Waals surface area contributed by atoms with Crippen LogP contribution in [0.25, 0.3) is 6.08 Å². The van der Waals surface area contributed by atoms with Crippen LogP contribution in [-0.2, 0) is 18.9 Å². The fourth-order valence-corrected chi connectivity index (χ4v) is 2.81. The summed E-state index contributed by atoms with van der Waals surface area (Å²) in [5, 5.41) is 2.77. The minimum absolute atomic E-state index is 0.244. The van der Waals surface area contributed by atoms with Gasteiger partial charge in [-0.3, -0.25) is 14.2 Å². The molecule has 0 aliphatic carbocycles. The van der Waals surface area contributed by atoms with Gasteiger partial charge >= 0.3 is 5.69 Å². The van der Waals surface area contributed by atoms with E-state index >= 15 is 0 Å². The third-order valence-electron chi connectivity index (χ3n) is 4.59. The van der Waals surface area contributed by atoms with Gasteiger partial charge in [-0.05, 0) is 31.3 Å². The molecule has 0 atom stereocenters. The molecule has 1 heterocycles. The van der Waals surface area contributed by atoms with E-state index in [1.54, 1.807) is 25.2 Å². The van der Waals surface area contributed by atoms with E-state index in [0.717, 1.165) is 24.2 Å². The van der Waals surface area contributed by atoms with Gasteiger partial charge in [-0.2, -0.15) is 0 Å². The number of amides is 1. The van der Waals surface area contributed by atoms with E-state index in [9.17, 15) is 14.4 Å². The molecule has 1 amide bonds. The van der Waals surface area contributed by atoms with Crippen LogP contribution in [0.3, 0.4) is 0 Å². The molecule has 0 aliphatic rings. The van der Waals surface area contributed by atoms with Crippen LogP contribution >= 0.6 is 0 Å². The first kappa shape index (κ1) is 22.2. The second-order valence-electron chi connectivity index (χ2n) is 6.54. The minimum atomic E-state index is -0.461. The summed E-state index contributed by atoms with van der Waals surface area (Å²) in [6.07, 6.45) is 4.05. The summed E-state index contributed by atoms with van der Waals surface area (Å²) in [7, 11) is 2.94. The molecule has 0 aliphatic heterocycles. The summed E-state index contributed by atoms with van der Waals surface area (Å²) in [5.74, 6) is 0.181. The number of ether oxygens (including phenoxy) is 1. The standard InChI is InChI=1S/C21H28N4O4/c1-5-25(6-2)13-14-29-18-10-8-7-9-17(18)22-19(26)12-11-16-15-23(3)21(28)24(4)20(16)27/h7-12,15H,5-6,13-14H2,1-4H3,(H,22,26)/b12-11+. The molecule has 0 spiro atoms. The Morgan fingerprint density at radius 3 is 2.55 bits per heavy atom. The predicted octanol–water partition coefficient (Wildman–Crippen LogP) is 1.46. The number of anilines is 1. The van der Waals surface area contributed by atoms with Crippen molar-refractivity contribution in [3.8, 4) is 5.75 Å². The van der Waals surface area contributed by atoms with E-state index in [4.69, 9.17) is 4.74 Å². The molecule has 0 bridgehead atoms. The van der Waals surface area contributed by atoms with Gasteiger partial charge in [0.2, 0.25) is 5.91 Å². The van der Waals surface area contributed by atoms with Gasteiger partial charge < -0.3 is 19.5 Å². The maximum Gasteiger partial charge on any atom is 0.330 e. The zero-order valence-corrected chi connectivity index (χ0v) is 17.3. The SMILES string of the molecule is CCN(CC)CCOc1ccccc1NC(=O)/C=C/c1cn(C)c(=O)n(C)c1=O. The Morgan fingerprint density at radius 2 is 1.86 bits per heavy atom. The van der Waals surface area contributed by atoms with Gasteiger partial charge in [0.15, 0.2) is 0 Å².